The number of aromatic nitrogens is 2. The number of nitrogens with zero attached hydrogens (tertiary/aromatic N) is 2. The molecule has 2 rings (SSSR count). The van der Waals surface area contributed by atoms with Crippen molar-refractivity contribution in [2.24, 2.45) is 7.05 Å². The molecule has 0 aliphatic carbocycles. The van der Waals surface area contributed by atoms with Crippen molar-refractivity contribution in [1.82, 2.24) is 9.13 Å². The molecule has 1 amide bonds. The van der Waals surface area contributed by atoms with Crippen LogP contribution in [0.1, 0.15) is 0 Å². The molecule has 3 N–H and O–H groups in total. The molecule has 0 aliphatic rings. The van der Waals surface area contributed by atoms with Crippen molar-refractivity contribution < 1.29 is 4.79 Å². The van der Waals surface area contributed by atoms with Crippen LogP contribution in [0.5, 0.6) is 0 Å². The smallest absolute Gasteiger partial charge is 0.316 e. The van der Waals surface area contributed by atoms with Gasteiger partial charge in [-0.1, -0.05) is 11.6 Å². The zero-order valence-corrected chi connectivity index (χ0v) is 11.9. The molecular formula is C13H13ClN4O3. The third-order valence-electron chi connectivity index (χ3n) is 2.84. The van der Waals surface area contributed by atoms with Crippen LogP contribution in [0.3, 0.4) is 0 Å². The molecule has 0 spiro atoms. The Bertz CT molecular complexity index is 810. The van der Waals surface area contributed by atoms with Crippen LogP contribution in [0.4, 0.5) is 11.4 Å². The zero-order chi connectivity index (χ0) is 15.6. The SMILES string of the molecule is Cn1ccn(CC(=O)Nc2cc(Cl)ccc2N)c(=O)c1=O. The number of carbonyl (C=O) groups excluding carboxylic acids is 1. The molecule has 8 heteroatoms. The van der Waals surface area contributed by atoms with E-state index in [-0.39, 0.29) is 6.54 Å². The van der Waals surface area contributed by atoms with Gasteiger partial charge in [0.05, 0.1) is 11.4 Å². The first kappa shape index (κ1) is 14.9. The first-order valence-electron chi connectivity index (χ1n) is 5.99. The van der Waals surface area contributed by atoms with Gasteiger partial charge in [0.25, 0.3) is 0 Å². The van der Waals surface area contributed by atoms with E-state index in [0.717, 1.165) is 9.13 Å². The Morgan fingerprint density at radius 1 is 1.29 bits per heavy atom. The van der Waals surface area contributed by atoms with Gasteiger partial charge in [-0.3, -0.25) is 19.0 Å². The number of aryl methyl sites for hydroxylation is 1. The third kappa shape index (κ3) is 3.32. The molecule has 0 bridgehead atoms. The van der Waals surface area contributed by atoms with E-state index in [9.17, 15) is 14.4 Å². The number of rotatable bonds is 3. The van der Waals surface area contributed by atoms with Crippen LogP contribution in [0.15, 0.2) is 40.2 Å². The highest BCUT2D eigenvalue weighted by molar-refractivity contribution is 6.31. The van der Waals surface area contributed by atoms with Crippen LogP contribution in [-0.2, 0) is 18.4 Å². The number of hydrogen-bond acceptors (Lipinski definition) is 4. The van der Waals surface area contributed by atoms with Crippen LogP contribution < -0.4 is 22.2 Å². The molecule has 0 aliphatic heterocycles. The number of nitrogen functional groups attached to an aromatic ring is 1. The summed E-state index contributed by atoms with van der Waals surface area (Å²) in [4.78, 5) is 35.1. The summed E-state index contributed by atoms with van der Waals surface area (Å²) in [5.41, 5.74) is 4.94. The van der Waals surface area contributed by atoms with Crippen LogP contribution in [0, 0.1) is 0 Å². The maximum Gasteiger partial charge on any atom is 0.316 e. The predicted molar refractivity (Wildman–Crippen MR) is 80.4 cm³/mol. The molecular weight excluding hydrogens is 296 g/mol. The van der Waals surface area contributed by atoms with E-state index in [2.05, 4.69) is 5.32 Å². The highest BCUT2D eigenvalue weighted by Crippen LogP contribution is 2.22. The molecule has 0 radical (unpaired) electrons. The quantitative estimate of drug-likeness (QED) is 0.634. The van der Waals surface area contributed by atoms with Gasteiger partial charge >= 0.3 is 11.1 Å². The summed E-state index contributed by atoms with van der Waals surface area (Å²) in [5.74, 6) is -0.487. The Balaban J connectivity index is 2.20. The minimum absolute atomic E-state index is 0.291. The van der Waals surface area contributed by atoms with Gasteiger partial charge in [-0.2, -0.15) is 0 Å². The van der Waals surface area contributed by atoms with Crippen LogP contribution in [0.2, 0.25) is 5.02 Å². The summed E-state index contributed by atoms with van der Waals surface area (Å²) < 4.78 is 2.17. The van der Waals surface area contributed by atoms with E-state index in [4.69, 9.17) is 17.3 Å². The van der Waals surface area contributed by atoms with Crippen molar-refractivity contribution in [2.75, 3.05) is 11.1 Å². The molecule has 0 unspecified atom stereocenters. The van der Waals surface area contributed by atoms with E-state index >= 15 is 0 Å². The largest absolute Gasteiger partial charge is 0.397 e. The summed E-state index contributed by atoms with van der Waals surface area (Å²) in [6.07, 6.45) is 2.77. The highest BCUT2D eigenvalue weighted by Gasteiger charge is 2.09. The van der Waals surface area contributed by atoms with Gasteiger partial charge in [0.2, 0.25) is 5.91 Å². The molecule has 0 fully saturated rings. The third-order valence-corrected chi connectivity index (χ3v) is 3.07. The second kappa shape index (κ2) is 5.84. The number of nitrogens with two attached hydrogens (primary N) is 1. The number of halogens is 1. The maximum absolute atomic E-state index is 11.9. The Kier molecular flexibility index (Phi) is 4.13. The molecule has 110 valence electrons. The first-order chi connectivity index (χ1) is 9.88. The van der Waals surface area contributed by atoms with Gasteiger partial charge in [-0.05, 0) is 18.2 Å². The van der Waals surface area contributed by atoms with E-state index in [1.165, 1.54) is 25.5 Å². The van der Waals surface area contributed by atoms with Gasteiger partial charge in [-0.15, -0.1) is 0 Å². The van der Waals surface area contributed by atoms with Crippen LogP contribution in [-0.4, -0.2) is 15.0 Å². The normalized spacial score (nSPS) is 10.4. The second-order valence-electron chi connectivity index (χ2n) is 4.43. The number of nitrogens with one attached hydrogen (secondary N) is 1. The van der Waals surface area contributed by atoms with E-state index in [1.54, 1.807) is 12.1 Å². The van der Waals surface area contributed by atoms with Gasteiger partial charge in [0, 0.05) is 24.5 Å². The lowest BCUT2D eigenvalue weighted by atomic mass is 10.2. The fraction of sp³-hybridized carbons (Fsp3) is 0.154. The molecule has 1 heterocycles. The molecule has 0 saturated heterocycles. The van der Waals surface area contributed by atoms with Gasteiger partial charge in [-0.25, -0.2) is 0 Å². The monoisotopic (exact) mass is 308 g/mol. The average molecular weight is 309 g/mol. The molecule has 2 aromatic rings. The standard InChI is InChI=1S/C13H13ClN4O3/c1-17-4-5-18(13(21)12(17)20)7-11(19)16-10-6-8(14)2-3-9(10)15/h2-6H,7,15H2,1H3,(H,16,19). The van der Waals surface area contributed by atoms with E-state index in [1.807, 2.05) is 0 Å². The molecule has 1 aromatic carbocycles. The minimum atomic E-state index is -0.769. The van der Waals surface area contributed by atoms with Crippen molar-refractivity contribution >= 4 is 28.9 Å². The van der Waals surface area contributed by atoms with Crippen LogP contribution in [0.25, 0.3) is 0 Å². The minimum Gasteiger partial charge on any atom is -0.397 e. The molecule has 0 atom stereocenters. The number of benzene rings is 1. The number of anilines is 2. The van der Waals surface area contributed by atoms with Gasteiger partial charge in [0.1, 0.15) is 6.54 Å². The van der Waals surface area contributed by atoms with Crippen molar-refractivity contribution in [2.45, 2.75) is 6.54 Å². The number of carbonyl (C=O) groups is 1. The lowest BCUT2D eigenvalue weighted by molar-refractivity contribution is -0.116. The molecule has 7 nitrogen and oxygen atoms in total. The average Bonchev–Trinajstić information content (AvgIpc) is 2.43. The van der Waals surface area contributed by atoms with Crippen molar-refractivity contribution in [1.29, 1.82) is 0 Å². The fourth-order valence-corrected chi connectivity index (χ4v) is 1.87. The lowest BCUT2D eigenvalue weighted by Gasteiger charge is -2.10. The zero-order valence-electron chi connectivity index (χ0n) is 11.2. The lowest BCUT2D eigenvalue weighted by Crippen LogP contribution is -2.41. The van der Waals surface area contributed by atoms with Crippen molar-refractivity contribution in [3.8, 4) is 0 Å². The number of hydrogen-bond donors (Lipinski definition) is 2. The Morgan fingerprint density at radius 3 is 2.71 bits per heavy atom. The Labute approximate surface area is 124 Å². The summed E-state index contributed by atoms with van der Waals surface area (Å²) in [7, 11) is 1.46. The summed E-state index contributed by atoms with van der Waals surface area (Å²) >= 11 is 5.82. The van der Waals surface area contributed by atoms with Crippen molar-refractivity contribution in [3.63, 3.8) is 0 Å². The summed E-state index contributed by atoms with van der Waals surface area (Å²) in [6, 6.07) is 4.65. The predicted octanol–water partition coefficient (Wildman–Crippen LogP) is 0.421. The topological polar surface area (TPSA) is 99.1 Å². The van der Waals surface area contributed by atoms with Gasteiger partial charge in [0.15, 0.2) is 0 Å². The maximum atomic E-state index is 11.9. The summed E-state index contributed by atoms with van der Waals surface area (Å²) in [5, 5.41) is 2.97. The Morgan fingerprint density at radius 2 is 2.00 bits per heavy atom. The highest BCUT2D eigenvalue weighted by atomic mass is 35.5. The number of amides is 1. The molecule has 1 aromatic heterocycles. The second-order valence-corrected chi connectivity index (χ2v) is 4.86. The molecule has 21 heavy (non-hydrogen) atoms. The van der Waals surface area contributed by atoms with E-state index in [0.29, 0.717) is 16.4 Å². The van der Waals surface area contributed by atoms with E-state index < -0.39 is 17.0 Å². The van der Waals surface area contributed by atoms with Gasteiger partial charge < -0.3 is 15.6 Å². The van der Waals surface area contributed by atoms with Crippen LogP contribution >= 0.6 is 11.6 Å². The molecule has 0 saturated carbocycles. The summed E-state index contributed by atoms with van der Waals surface area (Å²) in [6.45, 7) is -0.291. The van der Waals surface area contributed by atoms with Crippen molar-refractivity contribution in [3.05, 3.63) is 56.3 Å². The Hall–Kier alpha value is -2.54. The first-order valence-corrected chi connectivity index (χ1v) is 6.37. The fourth-order valence-electron chi connectivity index (χ4n) is 1.70.